The molecule has 3 N–H and O–H groups in total. The fourth-order valence-electron chi connectivity index (χ4n) is 3.07. The highest BCUT2D eigenvalue weighted by molar-refractivity contribution is 9.10. The minimum absolute atomic E-state index is 0.577. The molecule has 2 aromatic heterocycles. The van der Waals surface area contributed by atoms with Crippen LogP contribution in [-0.4, -0.2) is 26.7 Å². The second-order valence-electron chi connectivity index (χ2n) is 6.61. The molecule has 0 aliphatic heterocycles. The topological polar surface area (TPSA) is 74.5 Å². The van der Waals surface area contributed by atoms with Crippen LogP contribution in [0.4, 0.5) is 11.5 Å². The minimum Gasteiger partial charge on any atom is -0.433 e. The highest BCUT2D eigenvalue weighted by Crippen LogP contribution is 2.30. The molecular weight excluding hydrogens is 452 g/mol. The first kappa shape index (κ1) is 19.8. The number of hydrogen-bond acceptors (Lipinski definition) is 5. The Morgan fingerprint density at radius 3 is 2.79 bits per heavy atom. The lowest BCUT2D eigenvalue weighted by molar-refractivity contribution is 0.587. The third kappa shape index (κ3) is 4.39. The fourth-order valence-corrected chi connectivity index (χ4v) is 3.65. The van der Waals surface area contributed by atoms with E-state index in [-0.39, 0.29) is 0 Å². The van der Waals surface area contributed by atoms with Crippen LogP contribution in [0.2, 0.25) is 11.8 Å². The summed E-state index contributed by atoms with van der Waals surface area (Å²) in [5, 5.41) is 21.0. The smallest absolute Gasteiger partial charge is 0.406 e. The molecule has 6 nitrogen and oxygen atoms in total. The van der Waals surface area contributed by atoms with E-state index >= 15 is 0 Å². The van der Waals surface area contributed by atoms with Crippen LogP contribution in [0.1, 0.15) is 5.56 Å². The lowest BCUT2D eigenvalue weighted by Crippen LogP contribution is -2.19. The number of aromatic nitrogens is 3. The van der Waals surface area contributed by atoms with Gasteiger partial charge in [0.05, 0.1) is 16.4 Å². The van der Waals surface area contributed by atoms with Gasteiger partial charge in [-0.2, -0.15) is 9.61 Å². The molecule has 29 heavy (non-hydrogen) atoms. The van der Waals surface area contributed by atoms with Crippen LogP contribution >= 0.6 is 27.5 Å². The molecule has 0 atom stereocenters. The van der Waals surface area contributed by atoms with E-state index in [1.54, 1.807) is 17.5 Å². The molecular formula is C20H18BBrClN5O. The zero-order chi connectivity index (χ0) is 20.4. The highest BCUT2D eigenvalue weighted by atomic mass is 79.9. The lowest BCUT2D eigenvalue weighted by atomic mass is 9.88. The van der Waals surface area contributed by atoms with Crippen molar-refractivity contribution in [3.05, 3.63) is 75.9 Å². The SMILES string of the molecule is CB(O)Nc1cccc(CNc2cc(-c3ccccc3Cl)nc3c(Br)cnn23)c1. The van der Waals surface area contributed by atoms with Gasteiger partial charge >= 0.3 is 7.05 Å². The molecule has 0 amide bonds. The molecule has 4 aromatic rings. The molecule has 0 aliphatic carbocycles. The Balaban J connectivity index is 1.68. The van der Waals surface area contributed by atoms with E-state index in [1.165, 1.54) is 0 Å². The van der Waals surface area contributed by atoms with Crippen LogP contribution in [0, 0.1) is 0 Å². The number of anilines is 2. The first-order valence-corrected chi connectivity index (χ1v) is 10.2. The fraction of sp³-hybridized carbons (Fsp3) is 0.100. The summed E-state index contributed by atoms with van der Waals surface area (Å²) in [5.41, 5.74) is 4.24. The summed E-state index contributed by atoms with van der Waals surface area (Å²) in [5.74, 6) is 0.796. The van der Waals surface area contributed by atoms with Gasteiger partial charge in [-0.1, -0.05) is 41.9 Å². The lowest BCUT2D eigenvalue weighted by Gasteiger charge is -2.13. The van der Waals surface area contributed by atoms with Crippen molar-refractivity contribution in [3.8, 4) is 11.3 Å². The zero-order valence-corrected chi connectivity index (χ0v) is 17.9. The predicted molar refractivity (Wildman–Crippen MR) is 122 cm³/mol. The number of fused-ring (bicyclic) bond motifs is 1. The van der Waals surface area contributed by atoms with Crippen molar-refractivity contribution in [2.75, 3.05) is 10.5 Å². The quantitative estimate of drug-likeness (QED) is 0.348. The Labute approximate surface area is 182 Å². The third-order valence-electron chi connectivity index (χ3n) is 4.35. The molecule has 0 unspecified atom stereocenters. The average molecular weight is 471 g/mol. The molecule has 0 fully saturated rings. The Morgan fingerprint density at radius 1 is 1.17 bits per heavy atom. The van der Waals surface area contributed by atoms with Crippen LogP contribution in [0.15, 0.2) is 65.3 Å². The Morgan fingerprint density at radius 2 is 2.00 bits per heavy atom. The van der Waals surface area contributed by atoms with Crippen molar-refractivity contribution in [3.63, 3.8) is 0 Å². The van der Waals surface area contributed by atoms with E-state index in [9.17, 15) is 5.02 Å². The Hall–Kier alpha value is -2.55. The van der Waals surface area contributed by atoms with E-state index in [2.05, 4.69) is 31.6 Å². The molecule has 146 valence electrons. The van der Waals surface area contributed by atoms with E-state index in [4.69, 9.17) is 16.6 Å². The van der Waals surface area contributed by atoms with Gasteiger partial charge in [0, 0.05) is 28.9 Å². The number of nitrogens with one attached hydrogen (secondary N) is 2. The van der Waals surface area contributed by atoms with Gasteiger partial charge in [-0.25, -0.2) is 4.98 Å². The van der Waals surface area contributed by atoms with Crippen molar-refractivity contribution in [2.45, 2.75) is 13.4 Å². The maximum absolute atomic E-state index is 9.53. The predicted octanol–water partition coefficient (Wildman–Crippen LogP) is 4.95. The second kappa shape index (κ2) is 8.45. The Kier molecular flexibility index (Phi) is 5.75. The molecule has 0 saturated carbocycles. The summed E-state index contributed by atoms with van der Waals surface area (Å²) in [6.45, 7) is 2.26. The van der Waals surface area contributed by atoms with Crippen molar-refractivity contribution in [1.29, 1.82) is 0 Å². The summed E-state index contributed by atoms with van der Waals surface area (Å²) >= 11 is 9.90. The van der Waals surface area contributed by atoms with Gasteiger partial charge in [0.2, 0.25) is 0 Å². The monoisotopic (exact) mass is 469 g/mol. The van der Waals surface area contributed by atoms with Gasteiger partial charge in [-0.05, 0) is 46.5 Å². The second-order valence-corrected chi connectivity index (χ2v) is 7.87. The third-order valence-corrected chi connectivity index (χ3v) is 5.24. The summed E-state index contributed by atoms with van der Waals surface area (Å²) in [4.78, 5) is 4.72. The van der Waals surface area contributed by atoms with Gasteiger partial charge < -0.3 is 15.6 Å². The summed E-state index contributed by atoms with van der Waals surface area (Å²) < 4.78 is 2.56. The number of rotatable bonds is 6. The highest BCUT2D eigenvalue weighted by Gasteiger charge is 2.13. The van der Waals surface area contributed by atoms with E-state index < -0.39 is 7.05 Å². The van der Waals surface area contributed by atoms with E-state index in [1.807, 2.05) is 54.6 Å². The molecule has 4 rings (SSSR count). The van der Waals surface area contributed by atoms with Crippen LogP contribution < -0.4 is 10.5 Å². The Bertz CT molecular complexity index is 1170. The van der Waals surface area contributed by atoms with Crippen molar-refractivity contribution in [1.82, 2.24) is 14.6 Å². The van der Waals surface area contributed by atoms with E-state index in [0.717, 1.165) is 32.8 Å². The van der Waals surface area contributed by atoms with Crippen LogP contribution in [0.25, 0.3) is 16.9 Å². The number of hydrogen-bond donors (Lipinski definition) is 3. The zero-order valence-electron chi connectivity index (χ0n) is 15.6. The van der Waals surface area contributed by atoms with Crippen LogP contribution in [0.5, 0.6) is 0 Å². The first-order chi connectivity index (χ1) is 14.0. The normalized spacial score (nSPS) is 10.9. The van der Waals surface area contributed by atoms with Crippen molar-refractivity contribution < 1.29 is 5.02 Å². The number of nitrogens with zero attached hydrogens (tertiary/aromatic N) is 3. The van der Waals surface area contributed by atoms with Crippen LogP contribution in [0.3, 0.4) is 0 Å². The molecule has 9 heteroatoms. The van der Waals surface area contributed by atoms with Crippen LogP contribution in [-0.2, 0) is 6.54 Å². The minimum atomic E-state index is -0.613. The molecule has 0 spiro atoms. The molecule has 2 heterocycles. The largest absolute Gasteiger partial charge is 0.433 e. The number of benzene rings is 2. The van der Waals surface area contributed by atoms with Gasteiger partial charge in [-0.15, -0.1) is 0 Å². The van der Waals surface area contributed by atoms with Crippen molar-refractivity contribution >= 4 is 51.7 Å². The molecule has 0 radical (unpaired) electrons. The average Bonchev–Trinajstić information content (AvgIpc) is 3.07. The van der Waals surface area contributed by atoms with Crippen molar-refractivity contribution in [2.24, 2.45) is 0 Å². The molecule has 2 aromatic carbocycles. The van der Waals surface area contributed by atoms with E-state index in [0.29, 0.717) is 17.2 Å². The summed E-state index contributed by atoms with van der Waals surface area (Å²) in [7, 11) is -0.613. The van der Waals surface area contributed by atoms with Gasteiger partial charge in [-0.3, -0.25) is 0 Å². The molecule has 0 aliphatic rings. The van der Waals surface area contributed by atoms with Gasteiger partial charge in [0.15, 0.2) is 5.65 Å². The van der Waals surface area contributed by atoms with Gasteiger partial charge in [0.1, 0.15) is 5.82 Å². The number of halogens is 2. The maximum Gasteiger partial charge on any atom is 0.406 e. The van der Waals surface area contributed by atoms with Gasteiger partial charge in [0.25, 0.3) is 0 Å². The molecule has 0 bridgehead atoms. The standard InChI is InChI=1S/C20H18BBrClN5O/c1-21(29)27-14-6-4-5-13(9-14)11-24-19-10-18(15-7-2-3-8-17(15)23)26-20-16(22)12-25-28(19)20/h2-10,12,24,27,29H,11H2,1H3. The first-order valence-electron chi connectivity index (χ1n) is 9.08. The summed E-state index contributed by atoms with van der Waals surface area (Å²) in [6, 6.07) is 17.4. The molecule has 0 saturated heterocycles. The summed E-state index contributed by atoms with van der Waals surface area (Å²) in [6.07, 6.45) is 1.72. The maximum atomic E-state index is 9.53.